The van der Waals surface area contributed by atoms with Gasteiger partial charge in [-0.25, -0.2) is 4.79 Å². The third-order valence-corrected chi connectivity index (χ3v) is 1.70. The van der Waals surface area contributed by atoms with E-state index in [-0.39, 0.29) is 5.91 Å². The van der Waals surface area contributed by atoms with E-state index in [4.69, 9.17) is 5.11 Å². The highest BCUT2D eigenvalue weighted by Gasteiger charge is 2.20. The smallest absolute Gasteiger partial charge is 0.328 e. The lowest BCUT2D eigenvalue weighted by Gasteiger charge is -2.14. The van der Waals surface area contributed by atoms with Crippen molar-refractivity contribution in [2.75, 3.05) is 6.54 Å². The van der Waals surface area contributed by atoms with Gasteiger partial charge in [-0.15, -0.1) is 0 Å². The van der Waals surface area contributed by atoms with Crippen molar-refractivity contribution in [2.24, 2.45) is 0 Å². The third-order valence-electron chi connectivity index (χ3n) is 1.70. The molecule has 0 aromatic heterocycles. The molecule has 6 nitrogen and oxygen atoms in total. The molecule has 6 heteroatoms. The van der Waals surface area contributed by atoms with Crippen molar-refractivity contribution in [3.8, 4) is 0 Å². The number of carboxylic acids is 1. The fourth-order valence-electron chi connectivity index (χ4n) is 1.08. The van der Waals surface area contributed by atoms with Crippen LogP contribution in [0.1, 0.15) is 12.8 Å². The van der Waals surface area contributed by atoms with Crippen LogP contribution in [0, 0.1) is 0 Å². The zero-order valence-electron chi connectivity index (χ0n) is 7.40. The van der Waals surface area contributed by atoms with Gasteiger partial charge in [-0.2, -0.15) is 0 Å². The van der Waals surface area contributed by atoms with Gasteiger partial charge in [0.15, 0.2) is 0 Å². The summed E-state index contributed by atoms with van der Waals surface area (Å²) in [5.74, 6) is -1.96. The highest BCUT2D eigenvalue weighted by atomic mass is 16.4. The average Bonchev–Trinajstić information content (AvgIpc) is 2.49. The van der Waals surface area contributed by atoms with Crippen LogP contribution in [0.3, 0.4) is 0 Å². The summed E-state index contributed by atoms with van der Waals surface area (Å²) >= 11 is 0. The number of carbonyl (C=O) groups excluding carboxylic acids is 2. The highest BCUT2D eigenvalue weighted by Crippen LogP contribution is 2.05. The molecule has 76 valence electrons. The highest BCUT2D eigenvalue weighted by molar-refractivity contribution is 5.94. The van der Waals surface area contributed by atoms with Gasteiger partial charge in [-0.05, 0) is 6.42 Å². The third kappa shape index (κ3) is 2.89. The molecule has 1 fully saturated rings. The Morgan fingerprint density at radius 2 is 2.14 bits per heavy atom. The quantitative estimate of drug-likeness (QED) is 0.586. The standard InChI is InChI=1S/C8H10N2O4/c11-6(3-4-8(13)14)9-10-5-1-2-7(10)12/h3-4H,1-2,5H2,(H,9,11)(H,13,14). The van der Waals surface area contributed by atoms with Crippen LogP contribution in [0.2, 0.25) is 0 Å². The molecule has 2 N–H and O–H groups in total. The number of hydrogen-bond donors (Lipinski definition) is 2. The fourth-order valence-corrected chi connectivity index (χ4v) is 1.08. The van der Waals surface area contributed by atoms with Crippen LogP contribution in [-0.4, -0.2) is 34.4 Å². The summed E-state index contributed by atoms with van der Waals surface area (Å²) in [6, 6.07) is 0. The monoisotopic (exact) mass is 198 g/mol. The first-order valence-corrected chi connectivity index (χ1v) is 4.11. The zero-order valence-corrected chi connectivity index (χ0v) is 7.40. The van der Waals surface area contributed by atoms with Crippen molar-refractivity contribution in [3.63, 3.8) is 0 Å². The van der Waals surface area contributed by atoms with Gasteiger partial charge in [0.05, 0.1) is 0 Å². The van der Waals surface area contributed by atoms with E-state index in [1.54, 1.807) is 0 Å². The number of aliphatic carboxylic acids is 1. The van der Waals surface area contributed by atoms with E-state index in [0.717, 1.165) is 12.2 Å². The molecule has 1 aliphatic heterocycles. The lowest BCUT2D eigenvalue weighted by Crippen LogP contribution is -2.42. The predicted molar refractivity (Wildman–Crippen MR) is 45.9 cm³/mol. The Kier molecular flexibility index (Phi) is 3.22. The lowest BCUT2D eigenvalue weighted by atomic mass is 10.4. The van der Waals surface area contributed by atoms with Crippen LogP contribution in [0.25, 0.3) is 0 Å². The molecular formula is C8H10N2O4. The summed E-state index contributed by atoms with van der Waals surface area (Å²) in [6.07, 6.45) is 2.72. The summed E-state index contributed by atoms with van der Waals surface area (Å²) in [7, 11) is 0. The van der Waals surface area contributed by atoms with Crippen LogP contribution in [0.4, 0.5) is 0 Å². The van der Waals surface area contributed by atoms with Crippen molar-refractivity contribution >= 4 is 17.8 Å². The van der Waals surface area contributed by atoms with Crippen LogP contribution in [-0.2, 0) is 14.4 Å². The summed E-state index contributed by atoms with van der Waals surface area (Å²) in [5.41, 5.74) is 2.28. The molecule has 0 aromatic carbocycles. The fraction of sp³-hybridized carbons (Fsp3) is 0.375. The lowest BCUT2D eigenvalue weighted by molar-refractivity contribution is -0.136. The molecule has 0 aliphatic carbocycles. The van der Waals surface area contributed by atoms with Crippen molar-refractivity contribution in [1.82, 2.24) is 10.4 Å². The second-order valence-corrected chi connectivity index (χ2v) is 2.80. The molecule has 0 saturated carbocycles. The maximum absolute atomic E-state index is 11.0. The number of nitrogens with one attached hydrogen (secondary N) is 1. The van der Waals surface area contributed by atoms with Gasteiger partial charge in [0.1, 0.15) is 0 Å². The van der Waals surface area contributed by atoms with Crippen LogP contribution >= 0.6 is 0 Å². The Morgan fingerprint density at radius 1 is 1.43 bits per heavy atom. The Labute approximate surface area is 80.2 Å². The van der Waals surface area contributed by atoms with E-state index < -0.39 is 11.9 Å². The second-order valence-electron chi connectivity index (χ2n) is 2.80. The minimum Gasteiger partial charge on any atom is -0.478 e. The Hall–Kier alpha value is -1.85. The minimum atomic E-state index is -1.20. The molecular weight excluding hydrogens is 188 g/mol. The summed E-state index contributed by atoms with van der Waals surface area (Å²) < 4.78 is 0. The molecule has 0 spiro atoms. The van der Waals surface area contributed by atoms with Gasteiger partial charge in [0, 0.05) is 25.1 Å². The summed E-state index contributed by atoms with van der Waals surface area (Å²) in [6.45, 7) is 0.478. The number of nitrogens with zero attached hydrogens (tertiary/aromatic N) is 1. The van der Waals surface area contributed by atoms with Gasteiger partial charge >= 0.3 is 5.97 Å². The Balaban J connectivity index is 2.40. The minimum absolute atomic E-state index is 0.151. The van der Waals surface area contributed by atoms with Gasteiger partial charge in [0.2, 0.25) is 5.91 Å². The number of rotatable bonds is 3. The van der Waals surface area contributed by atoms with Gasteiger partial charge < -0.3 is 5.11 Å². The number of carbonyl (C=O) groups is 3. The number of hydrogen-bond acceptors (Lipinski definition) is 3. The van der Waals surface area contributed by atoms with Crippen LogP contribution in [0.5, 0.6) is 0 Å². The molecule has 1 aliphatic rings. The number of amides is 2. The molecule has 0 unspecified atom stereocenters. The van der Waals surface area contributed by atoms with Crippen molar-refractivity contribution < 1.29 is 19.5 Å². The molecule has 2 amide bonds. The summed E-state index contributed by atoms with van der Waals surface area (Å²) in [5, 5.41) is 9.42. The second kappa shape index (κ2) is 4.40. The van der Waals surface area contributed by atoms with Crippen LogP contribution in [0.15, 0.2) is 12.2 Å². The molecule has 0 bridgehead atoms. The number of hydrazine groups is 1. The normalized spacial score (nSPS) is 16.3. The zero-order chi connectivity index (χ0) is 10.6. The molecule has 1 heterocycles. The van der Waals surface area contributed by atoms with Crippen molar-refractivity contribution in [3.05, 3.63) is 12.2 Å². The first-order chi connectivity index (χ1) is 6.59. The Bertz CT molecular complexity index is 298. The topological polar surface area (TPSA) is 86.7 Å². The maximum atomic E-state index is 11.0. The predicted octanol–water partition coefficient (Wildman–Crippen LogP) is -0.719. The van der Waals surface area contributed by atoms with Gasteiger partial charge in [-0.1, -0.05) is 0 Å². The SMILES string of the molecule is O=C(O)C=CC(=O)NN1CCCC1=O. The molecule has 0 aromatic rings. The first-order valence-electron chi connectivity index (χ1n) is 4.11. The molecule has 0 radical (unpaired) electrons. The van der Waals surface area contributed by atoms with E-state index in [0.29, 0.717) is 19.4 Å². The van der Waals surface area contributed by atoms with Gasteiger partial charge in [-0.3, -0.25) is 20.0 Å². The summed E-state index contributed by atoms with van der Waals surface area (Å²) in [4.78, 5) is 32.1. The maximum Gasteiger partial charge on any atom is 0.328 e. The van der Waals surface area contributed by atoms with E-state index in [1.165, 1.54) is 5.01 Å². The Morgan fingerprint density at radius 3 is 2.64 bits per heavy atom. The van der Waals surface area contributed by atoms with E-state index in [9.17, 15) is 14.4 Å². The molecule has 1 saturated heterocycles. The van der Waals surface area contributed by atoms with Crippen molar-refractivity contribution in [1.29, 1.82) is 0 Å². The first kappa shape index (κ1) is 10.2. The van der Waals surface area contributed by atoms with E-state index in [2.05, 4.69) is 5.43 Å². The average molecular weight is 198 g/mol. The van der Waals surface area contributed by atoms with Crippen molar-refractivity contribution in [2.45, 2.75) is 12.8 Å². The molecule has 14 heavy (non-hydrogen) atoms. The molecule has 0 atom stereocenters. The van der Waals surface area contributed by atoms with Crippen LogP contribution < -0.4 is 5.43 Å². The molecule has 1 rings (SSSR count). The van der Waals surface area contributed by atoms with Gasteiger partial charge in [0.25, 0.3) is 5.91 Å². The largest absolute Gasteiger partial charge is 0.478 e. The number of carboxylic acid groups (broad SMARTS) is 1. The van der Waals surface area contributed by atoms with E-state index in [1.807, 2.05) is 0 Å². The van der Waals surface area contributed by atoms with E-state index >= 15 is 0 Å².